The Hall–Kier alpha value is -4.59. The Balaban J connectivity index is 0.00000496. The van der Waals surface area contributed by atoms with Gasteiger partial charge in [-0.3, -0.25) is 4.79 Å². The number of halogens is 6. The summed E-state index contributed by atoms with van der Waals surface area (Å²) in [5.74, 6) is 0.764. The van der Waals surface area contributed by atoms with Crippen LogP contribution in [0.25, 0.3) is 11.1 Å². The van der Waals surface area contributed by atoms with Gasteiger partial charge in [-0.25, -0.2) is 13.8 Å². The van der Waals surface area contributed by atoms with E-state index in [0.717, 1.165) is 114 Å². The van der Waals surface area contributed by atoms with Crippen molar-refractivity contribution in [3.8, 4) is 11.1 Å². The third-order valence-corrected chi connectivity index (χ3v) is 12.1. The fourth-order valence-corrected chi connectivity index (χ4v) is 9.13. The molecule has 296 valence electrons. The molecule has 1 aliphatic carbocycles. The van der Waals surface area contributed by atoms with Gasteiger partial charge < -0.3 is 30.6 Å². The number of thioether (sulfide) groups is 1. The molecule has 3 heterocycles. The molecule has 0 unspecified atom stereocenters. The van der Waals surface area contributed by atoms with Gasteiger partial charge in [-0.05, 0) is 77.9 Å². The van der Waals surface area contributed by atoms with E-state index < -0.39 is 11.7 Å². The van der Waals surface area contributed by atoms with Crippen molar-refractivity contribution in [1.29, 1.82) is 0 Å². The Kier molecular flexibility index (Phi) is 12.2. The second-order valence-corrected chi connectivity index (χ2v) is 15.9. The van der Waals surface area contributed by atoms with E-state index in [9.17, 15) is 26.7 Å². The first kappa shape index (κ1) is 40.6. The van der Waals surface area contributed by atoms with Crippen LogP contribution in [0.1, 0.15) is 64.3 Å². The molecule has 6 aromatic rings. The van der Waals surface area contributed by atoms with Crippen LogP contribution in [0.15, 0.2) is 113 Å². The molecule has 1 saturated heterocycles. The molecule has 0 atom stereocenters. The van der Waals surface area contributed by atoms with E-state index in [-0.39, 0.29) is 34.2 Å². The van der Waals surface area contributed by atoms with Gasteiger partial charge in [0, 0.05) is 42.0 Å². The van der Waals surface area contributed by atoms with Crippen molar-refractivity contribution in [3.05, 3.63) is 170 Å². The lowest BCUT2D eigenvalue weighted by Gasteiger charge is -2.34. The summed E-state index contributed by atoms with van der Waals surface area (Å²) >= 11 is 1.45. The molecule has 1 aliphatic heterocycles. The van der Waals surface area contributed by atoms with Crippen LogP contribution in [0.3, 0.4) is 0 Å². The van der Waals surface area contributed by atoms with Gasteiger partial charge in [0.25, 0.3) is 5.56 Å². The maximum absolute atomic E-state index is 13.9. The Labute approximate surface area is 342 Å². The normalized spacial score (nSPS) is 14.8. The van der Waals surface area contributed by atoms with Crippen LogP contribution >= 0.6 is 11.8 Å². The Bertz CT molecular complexity index is 2370. The van der Waals surface area contributed by atoms with Gasteiger partial charge in [0.2, 0.25) is 0 Å². The summed E-state index contributed by atoms with van der Waals surface area (Å²) in [5.41, 5.74) is 6.40. The minimum Gasteiger partial charge on any atom is -1.00 e. The van der Waals surface area contributed by atoms with Crippen LogP contribution < -0.4 is 22.5 Å². The van der Waals surface area contributed by atoms with E-state index in [0.29, 0.717) is 36.0 Å². The maximum Gasteiger partial charge on any atom is 0.416 e. The third kappa shape index (κ3) is 9.26. The molecule has 6 nitrogen and oxygen atoms in total. The number of hydrogen-bond acceptors (Lipinski definition) is 4. The summed E-state index contributed by atoms with van der Waals surface area (Å²) in [6.07, 6.45) is 2.05. The zero-order chi connectivity index (χ0) is 38.9. The van der Waals surface area contributed by atoms with Crippen LogP contribution in [0, 0.1) is 11.6 Å². The highest BCUT2D eigenvalue weighted by molar-refractivity contribution is 7.98. The number of hydrogen-bond donors (Lipinski definition) is 0. The Morgan fingerprint density at radius 3 is 1.91 bits per heavy atom. The summed E-state index contributed by atoms with van der Waals surface area (Å²) in [5, 5.41) is 0.594. The maximum atomic E-state index is 13.9. The summed E-state index contributed by atoms with van der Waals surface area (Å²) in [6.45, 7) is 4.36. The van der Waals surface area contributed by atoms with Gasteiger partial charge in [0.15, 0.2) is 5.16 Å². The van der Waals surface area contributed by atoms with Crippen molar-refractivity contribution < 1.29 is 43.4 Å². The summed E-state index contributed by atoms with van der Waals surface area (Å²) in [6, 6.07) is 26.2. The minimum atomic E-state index is -4.40. The quantitative estimate of drug-likeness (QED) is 0.0604. The van der Waals surface area contributed by atoms with Crippen LogP contribution in [0.5, 0.6) is 0 Å². The first-order valence-electron chi connectivity index (χ1n) is 18.9. The molecule has 0 N–H and O–H groups in total. The number of likely N-dealkylation sites (tertiary alicyclic amines) is 1. The highest BCUT2D eigenvalue weighted by Gasteiger charge is 2.34. The second-order valence-electron chi connectivity index (χ2n) is 14.9. The average Bonchev–Trinajstić information content (AvgIpc) is 3.96. The fourth-order valence-electron chi connectivity index (χ4n) is 8.16. The molecule has 2 aromatic heterocycles. The van der Waals surface area contributed by atoms with Gasteiger partial charge in [0.05, 0.1) is 37.1 Å². The van der Waals surface area contributed by atoms with Crippen molar-refractivity contribution >= 4 is 11.8 Å². The van der Waals surface area contributed by atoms with E-state index in [1.807, 2.05) is 42.6 Å². The zero-order valence-electron chi connectivity index (χ0n) is 31.1. The topological polar surface area (TPSA) is 52.7 Å². The molecule has 0 saturated carbocycles. The lowest BCUT2D eigenvalue weighted by Crippen LogP contribution is -3.00. The fraction of sp³-hybridized carbons (Fsp3) is 0.295. The van der Waals surface area contributed by atoms with E-state index in [2.05, 4.69) is 14.1 Å². The predicted octanol–water partition coefficient (Wildman–Crippen LogP) is 6.60. The third-order valence-electron chi connectivity index (χ3n) is 11.1. The van der Waals surface area contributed by atoms with Crippen molar-refractivity contribution in [2.75, 3.05) is 13.1 Å². The van der Waals surface area contributed by atoms with Gasteiger partial charge in [-0.15, -0.1) is 0 Å². The molecule has 0 amide bonds. The standard InChI is InChI=1S/C44H41F5N5OS.BrH/c45-36-18-8-31(9-19-36)27-54(22-1-2-23-54)28-38-24-50-41(52(38)25-30-6-12-33(13-7-30)34-14-16-35(17-15-34)44(47,48)49)26-53-40-5-3-4-39(40)42(55)51-43(53)56-29-32-10-20-37(46)21-11-32;/h6-21,24H,1-5,22-23,25-29H2;1H/q+1;/p-1. The number of fused-ring (bicyclic) bond motifs is 1. The summed E-state index contributed by atoms with van der Waals surface area (Å²) < 4.78 is 72.3. The monoisotopic (exact) mass is 861 g/mol. The molecule has 2 aliphatic rings. The van der Waals surface area contributed by atoms with E-state index in [1.54, 1.807) is 12.1 Å². The lowest BCUT2D eigenvalue weighted by molar-refractivity contribution is -0.942. The summed E-state index contributed by atoms with van der Waals surface area (Å²) in [7, 11) is 0. The molecule has 13 heteroatoms. The van der Waals surface area contributed by atoms with Crippen molar-refractivity contribution in [3.63, 3.8) is 0 Å². The van der Waals surface area contributed by atoms with Crippen molar-refractivity contribution in [1.82, 2.24) is 19.1 Å². The first-order chi connectivity index (χ1) is 27.0. The molecule has 0 spiro atoms. The van der Waals surface area contributed by atoms with Gasteiger partial charge in [-0.2, -0.15) is 18.2 Å². The number of benzene rings is 4. The summed E-state index contributed by atoms with van der Waals surface area (Å²) in [4.78, 5) is 22.8. The Morgan fingerprint density at radius 1 is 0.684 bits per heavy atom. The number of imidazole rings is 1. The van der Waals surface area contributed by atoms with Crippen LogP contribution in [0.2, 0.25) is 0 Å². The lowest BCUT2D eigenvalue weighted by atomic mass is 10.0. The van der Waals surface area contributed by atoms with Gasteiger partial charge >= 0.3 is 6.18 Å². The molecule has 1 fully saturated rings. The number of nitrogens with zero attached hydrogens (tertiary/aromatic N) is 5. The van der Waals surface area contributed by atoms with Crippen molar-refractivity contribution in [2.45, 2.75) is 75.4 Å². The number of rotatable bonds is 12. The molecule has 8 rings (SSSR count). The number of alkyl halides is 3. The zero-order valence-corrected chi connectivity index (χ0v) is 33.5. The predicted molar refractivity (Wildman–Crippen MR) is 207 cm³/mol. The largest absolute Gasteiger partial charge is 1.00 e. The minimum absolute atomic E-state index is 0. The highest BCUT2D eigenvalue weighted by atomic mass is 79.9. The van der Waals surface area contributed by atoms with Gasteiger partial charge in [-0.1, -0.05) is 72.4 Å². The number of aromatic nitrogens is 4. The van der Waals surface area contributed by atoms with E-state index in [1.165, 1.54) is 48.2 Å². The van der Waals surface area contributed by atoms with Crippen LogP contribution in [0.4, 0.5) is 22.0 Å². The molecule has 0 bridgehead atoms. The van der Waals surface area contributed by atoms with E-state index in [4.69, 9.17) is 4.98 Å². The van der Waals surface area contributed by atoms with Crippen molar-refractivity contribution in [2.24, 2.45) is 0 Å². The smallest absolute Gasteiger partial charge is 0.416 e. The van der Waals surface area contributed by atoms with Gasteiger partial charge in [0.1, 0.15) is 30.5 Å². The molecule has 4 aromatic carbocycles. The van der Waals surface area contributed by atoms with Crippen LogP contribution in [-0.4, -0.2) is 36.7 Å². The molecule has 57 heavy (non-hydrogen) atoms. The highest BCUT2D eigenvalue weighted by Crippen LogP contribution is 2.33. The molecule has 0 radical (unpaired) electrons. The number of quaternary nitrogens is 1. The average molecular weight is 863 g/mol. The Morgan fingerprint density at radius 2 is 1.28 bits per heavy atom. The second kappa shape index (κ2) is 17.1. The first-order valence-corrected chi connectivity index (χ1v) is 19.9. The van der Waals surface area contributed by atoms with E-state index >= 15 is 0 Å². The molecular formula is C44H41BrF5N5OS. The van der Waals surface area contributed by atoms with Crippen LogP contribution in [-0.2, 0) is 50.9 Å². The SMILES string of the molecule is O=c1nc(SCc2ccc(F)cc2)n(Cc2ncc(C[N+]3(Cc4ccc(F)cc4)CCCC3)n2Cc2ccc(-c3ccc(C(F)(F)F)cc3)cc2)c2c1CCC2.[Br-]. The molecular weight excluding hydrogens is 821 g/mol.